The van der Waals surface area contributed by atoms with Crippen molar-refractivity contribution in [2.75, 3.05) is 33.4 Å². The Bertz CT molecular complexity index is 308. The number of nitrogens with one attached hydrogen (secondary N) is 1. The molecule has 2 rings (SSSR count). The third kappa shape index (κ3) is 3.37. The fourth-order valence-corrected chi connectivity index (χ4v) is 2.50. The fourth-order valence-electron chi connectivity index (χ4n) is 2.50. The Kier molecular flexibility index (Phi) is 4.15. The van der Waals surface area contributed by atoms with E-state index in [0.717, 1.165) is 32.3 Å². The highest BCUT2D eigenvalue weighted by Gasteiger charge is 2.46. The van der Waals surface area contributed by atoms with E-state index in [-0.39, 0.29) is 0 Å². The second-order valence-electron chi connectivity index (χ2n) is 6.30. The van der Waals surface area contributed by atoms with Gasteiger partial charge in [-0.3, -0.25) is 4.99 Å². The second-order valence-corrected chi connectivity index (χ2v) is 6.30. The van der Waals surface area contributed by atoms with E-state index in [0.29, 0.717) is 17.4 Å². The number of hydrogen-bond acceptors (Lipinski definition) is 2. The molecule has 0 bridgehead atoms. The minimum absolute atomic E-state index is 0.436. The van der Waals surface area contributed by atoms with Crippen LogP contribution in [0.2, 0.25) is 0 Å². The van der Waals surface area contributed by atoms with Gasteiger partial charge in [0.25, 0.3) is 0 Å². The minimum atomic E-state index is 0.436. The number of ether oxygens (including phenoxy) is 1. The van der Waals surface area contributed by atoms with Crippen molar-refractivity contribution in [2.24, 2.45) is 16.3 Å². The van der Waals surface area contributed by atoms with Crippen molar-refractivity contribution in [2.45, 2.75) is 39.7 Å². The van der Waals surface area contributed by atoms with Gasteiger partial charge in [-0.05, 0) is 25.2 Å². The van der Waals surface area contributed by atoms with Crippen molar-refractivity contribution < 1.29 is 4.74 Å². The zero-order valence-electron chi connectivity index (χ0n) is 12.2. The first-order chi connectivity index (χ1) is 8.53. The van der Waals surface area contributed by atoms with Crippen molar-refractivity contribution in [3.05, 3.63) is 0 Å². The van der Waals surface area contributed by atoms with Crippen LogP contribution in [0.4, 0.5) is 0 Å². The van der Waals surface area contributed by atoms with Gasteiger partial charge < -0.3 is 15.0 Å². The first-order valence-corrected chi connectivity index (χ1v) is 7.13. The maximum absolute atomic E-state index is 5.44. The van der Waals surface area contributed by atoms with Crippen molar-refractivity contribution in [1.82, 2.24) is 10.2 Å². The number of aliphatic imine (C=N–C) groups is 1. The minimum Gasteiger partial charge on any atom is -0.381 e. The average Bonchev–Trinajstić information content (AvgIpc) is 2.73. The smallest absolute Gasteiger partial charge is 0.193 e. The number of rotatable bonds is 4. The molecule has 0 spiro atoms. The summed E-state index contributed by atoms with van der Waals surface area (Å²) in [7, 11) is 2.13. The predicted molar refractivity (Wildman–Crippen MR) is 74.9 cm³/mol. The summed E-state index contributed by atoms with van der Waals surface area (Å²) in [6.07, 6.45) is 2.43. The van der Waals surface area contributed by atoms with Gasteiger partial charge in [-0.25, -0.2) is 0 Å². The van der Waals surface area contributed by atoms with Gasteiger partial charge in [-0.15, -0.1) is 0 Å². The van der Waals surface area contributed by atoms with Crippen LogP contribution in [0.1, 0.15) is 33.6 Å². The average molecular weight is 253 g/mol. The summed E-state index contributed by atoms with van der Waals surface area (Å²) in [6, 6.07) is 0.588. The first kappa shape index (κ1) is 13.7. The number of nitrogens with zero attached hydrogens (tertiary/aromatic N) is 2. The summed E-state index contributed by atoms with van der Waals surface area (Å²) < 4.78 is 5.44. The molecule has 4 heteroatoms. The SMILES string of the molecule is CCN=C(NC1CC1(C)C)N(C)CC1CCOC1. The summed E-state index contributed by atoms with van der Waals surface area (Å²) in [5.41, 5.74) is 0.436. The lowest BCUT2D eigenvalue weighted by molar-refractivity contribution is 0.181. The quantitative estimate of drug-likeness (QED) is 0.612. The summed E-state index contributed by atoms with van der Waals surface area (Å²) in [4.78, 5) is 6.86. The van der Waals surface area contributed by atoms with Gasteiger partial charge in [0.15, 0.2) is 5.96 Å². The zero-order chi connectivity index (χ0) is 13.2. The number of hydrogen-bond donors (Lipinski definition) is 1. The molecule has 1 aliphatic carbocycles. The van der Waals surface area contributed by atoms with Gasteiger partial charge in [-0.2, -0.15) is 0 Å². The highest BCUT2D eigenvalue weighted by atomic mass is 16.5. The third-order valence-corrected chi connectivity index (χ3v) is 4.04. The van der Waals surface area contributed by atoms with E-state index >= 15 is 0 Å². The normalized spacial score (nSPS) is 30.3. The molecule has 104 valence electrons. The van der Waals surface area contributed by atoms with Gasteiger partial charge in [0.05, 0.1) is 6.61 Å². The molecule has 0 aromatic carbocycles. The van der Waals surface area contributed by atoms with E-state index in [1.54, 1.807) is 0 Å². The van der Waals surface area contributed by atoms with Crippen LogP contribution < -0.4 is 5.32 Å². The Hall–Kier alpha value is -0.770. The van der Waals surface area contributed by atoms with Crippen LogP contribution in [0, 0.1) is 11.3 Å². The zero-order valence-corrected chi connectivity index (χ0v) is 12.2. The molecule has 1 saturated heterocycles. The van der Waals surface area contributed by atoms with Crippen molar-refractivity contribution in [3.8, 4) is 0 Å². The highest BCUT2D eigenvalue weighted by molar-refractivity contribution is 5.80. The van der Waals surface area contributed by atoms with Crippen LogP contribution in [-0.4, -0.2) is 50.3 Å². The molecule has 2 atom stereocenters. The molecular formula is C14H27N3O. The standard InChI is InChI=1S/C14H27N3O/c1-5-15-13(16-12-8-14(12,2)3)17(4)9-11-6-7-18-10-11/h11-12H,5-10H2,1-4H3,(H,15,16). The molecule has 1 N–H and O–H groups in total. The Morgan fingerprint density at radius 3 is 2.72 bits per heavy atom. The van der Waals surface area contributed by atoms with Gasteiger partial charge in [-0.1, -0.05) is 13.8 Å². The highest BCUT2D eigenvalue weighted by Crippen LogP contribution is 2.44. The lowest BCUT2D eigenvalue weighted by atomic mass is 10.1. The van der Waals surface area contributed by atoms with E-state index in [1.165, 1.54) is 12.8 Å². The van der Waals surface area contributed by atoms with E-state index in [1.807, 2.05) is 0 Å². The molecule has 4 nitrogen and oxygen atoms in total. The molecule has 2 unspecified atom stereocenters. The van der Waals surface area contributed by atoms with Crippen LogP contribution in [0.3, 0.4) is 0 Å². The maximum Gasteiger partial charge on any atom is 0.193 e. The van der Waals surface area contributed by atoms with Crippen LogP contribution in [-0.2, 0) is 4.74 Å². The van der Waals surface area contributed by atoms with E-state index in [4.69, 9.17) is 4.74 Å². The van der Waals surface area contributed by atoms with Crippen LogP contribution >= 0.6 is 0 Å². The monoisotopic (exact) mass is 253 g/mol. The van der Waals surface area contributed by atoms with Crippen LogP contribution in [0.5, 0.6) is 0 Å². The molecule has 18 heavy (non-hydrogen) atoms. The Morgan fingerprint density at radius 1 is 1.50 bits per heavy atom. The predicted octanol–water partition coefficient (Wildman–Crippen LogP) is 1.72. The molecule has 1 heterocycles. The van der Waals surface area contributed by atoms with Crippen molar-refractivity contribution in [3.63, 3.8) is 0 Å². The largest absolute Gasteiger partial charge is 0.381 e. The van der Waals surface area contributed by atoms with Gasteiger partial charge in [0, 0.05) is 38.7 Å². The first-order valence-electron chi connectivity index (χ1n) is 7.13. The molecule has 1 saturated carbocycles. The summed E-state index contributed by atoms with van der Waals surface area (Å²) >= 11 is 0. The van der Waals surface area contributed by atoms with Crippen LogP contribution in [0.15, 0.2) is 4.99 Å². The number of guanidine groups is 1. The van der Waals surface area contributed by atoms with Gasteiger partial charge in [0.1, 0.15) is 0 Å². The summed E-state index contributed by atoms with van der Waals surface area (Å²) in [5.74, 6) is 1.71. The molecule has 0 radical (unpaired) electrons. The van der Waals surface area contributed by atoms with Crippen molar-refractivity contribution in [1.29, 1.82) is 0 Å². The maximum atomic E-state index is 5.44. The fraction of sp³-hybridized carbons (Fsp3) is 0.929. The van der Waals surface area contributed by atoms with Crippen molar-refractivity contribution >= 4 is 5.96 Å². The summed E-state index contributed by atoms with van der Waals surface area (Å²) in [5, 5.41) is 3.59. The van der Waals surface area contributed by atoms with E-state index in [9.17, 15) is 0 Å². The lowest BCUT2D eigenvalue weighted by Gasteiger charge is -2.25. The molecule has 0 amide bonds. The van der Waals surface area contributed by atoms with Crippen LogP contribution in [0.25, 0.3) is 0 Å². The Morgan fingerprint density at radius 2 is 2.22 bits per heavy atom. The molecule has 0 aromatic heterocycles. The van der Waals surface area contributed by atoms with E-state index in [2.05, 4.69) is 43.0 Å². The van der Waals surface area contributed by atoms with Gasteiger partial charge >= 0.3 is 0 Å². The molecule has 2 aliphatic rings. The molecule has 2 fully saturated rings. The third-order valence-electron chi connectivity index (χ3n) is 4.04. The Labute approximate surface area is 111 Å². The Balaban J connectivity index is 1.86. The molecular weight excluding hydrogens is 226 g/mol. The topological polar surface area (TPSA) is 36.9 Å². The molecule has 0 aromatic rings. The molecule has 1 aliphatic heterocycles. The van der Waals surface area contributed by atoms with Gasteiger partial charge in [0.2, 0.25) is 0 Å². The summed E-state index contributed by atoms with van der Waals surface area (Å²) in [6.45, 7) is 10.4. The second kappa shape index (κ2) is 5.47. The lowest BCUT2D eigenvalue weighted by Crippen LogP contribution is -2.43. The van der Waals surface area contributed by atoms with E-state index < -0.39 is 0 Å².